The Morgan fingerprint density at radius 2 is 2.00 bits per heavy atom. The quantitative estimate of drug-likeness (QED) is 0.817. The van der Waals surface area contributed by atoms with E-state index < -0.39 is 6.10 Å². The van der Waals surface area contributed by atoms with Crippen molar-refractivity contribution in [2.24, 2.45) is 34.5 Å². The van der Waals surface area contributed by atoms with Crippen molar-refractivity contribution in [3.8, 4) is 0 Å². The molecule has 7 atom stereocenters. The van der Waals surface area contributed by atoms with E-state index >= 15 is 0 Å². The Morgan fingerprint density at radius 1 is 1.21 bits per heavy atom. The van der Waals surface area contributed by atoms with E-state index in [2.05, 4.69) is 26.0 Å². The van der Waals surface area contributed by atoms with Crippen molar-refractivity contribution in [3.63, 3.8) is 0 Å². The minimum Gasteiger partial charge on any atom is -0.394 e. The van der Waals surface area contributed by atoms with Crippen molar-refractivity contribution in [2.45, 2.75) is 58.5 Å². The Hall–Kier alpha value is -0.930. The number of ketones is 1. The van der Waals surface area contributed by atoms with Gasteiger partial charge in [-0.1, -0.05) is 26.0 Å². The van der Waals surface area contributed by atoms with Gasteiger partial charge in [-0.25, -0.2) is 0 Å². The zero-order valence-corrected chi connectivity index (χ0v) is 14.9. The van der Waals surface area contributed by atoms with Crippen molar-refractivity contribution < 1.29 is 15.0 Å². The molecule has 24 heavy (non-hydrogen) atoms. The van der Waals surface area contributed by atoms with Gasteiger partial charge in [0.1, 0.15) is 0 Å². The second kappa shape index (κ2) is 5.54. The number of fused-ring (bicyclic) bond motifs is 5. The number of hydrogen-bond donors (Lipinski definition) is 2. The molecule has 0 bridgehead atoms. The number of rotatable bonds is 2. The van der Waals surface area contributed by atoms with E-state index in [-0.39, 0.29) is 29.1 Å². The molecule has 2 saturated carbocycles. The van der Waals surface area contributed by atoms with Crippen LogP contribution in [0.5, 0.6) is 0 Å². The van der Waals surface area contributed by atoms with Gasteiger partial charge in [-0.3, -0.25) is 4.79 Å². The topological polar surface area (TPSA) is 57.5 Å². The molecule has 4 aliphatic rings. The minimum absolute atomic E-state index is 0.121. The molecule has 0 radical (unpaired) electrons. The first-order chi connectivity index (χ1) is 11.4. The van der Waals surface area contributed by atoms with Crippen molar-refractivity contribution in [1.29, 1.82) is 0 Å². The fraction of sp³-hybridized carbons (Fsp3) is 0.762. The van der Waals surface area contributed by atoms with Crippen LogP contribution in [0.1, 0.15) is 52.4 Å². The van der Waals surface area contributed by atoms with Crippen LogP contribution < -0.4 is 0 Å². The molecule has 132 valence electrons. The lowest BCUT2D eigenvalue weighted by molar-refractivity contribution is -0.116. The van der Waals surface area contributed by atoms with Crippen LogP contribution in [-0.2, 0) is 4.79 Å². The molecule has 0 aromatic carbocycles. The third-order valence-electron chi connectivity index (χ3n) is 8.24. The lowest BCUT2D eigenvalue weighted by Crippen LogP contribution is -2.50. The molecule has 0 saturated heterocycles. The molecule has 3 nitrogen and oxygen atoms in total. The lowest BCUT2D eigenvalue weighted by atomic mass is 9.48. The lowest BCUT2D eigenvalue weighted by Gasteiger charge is -2.56. The van der Waals surface area contributed by atoms with Crippen LogP contribution in [-0.4, -0.2) is 28.7 Å². The highest BCUT2D eigenvalue weighted by molar-refractivity contribution is 5.92. The van der Waals surface area contributed by atoms with Crippen LogP contribution in [0.4, 0.5) is 0 Å². The van der Waals surface area contributed by atoms with Crippen LogP contribution in [0.25, 0.3) is 0 Å². The standard InChI is InChI=1S/C21H30O3/c1-20-9-7-14(23)11-13(20)3-4-15-16-5-6-18(19(24)12-22)21(16,2)10-8-17(15)20/h3-4,11,15-19,22,24H,5-10,12H2,1-2H3. The number of hydrogen-bond acceptors (Lipinski definition) is 3. The monoisotopic (exact) mass is 330 g/mol. The van der Waals surface area contributed by atoms with Gasteiger partial charge >= 0.3 is 0 Å². The molecule has 0 aromatic heterocycles. The first-order valence-electron chi connectivity index (χ1n) is 9.62. The van der Waals surface area contributed by atoms with Gasteiger partial charge in [0.05, 0.1) is 12.7 Å². The maximum atomic E-state index is 11.8. The summed E-state index contributed by atoms with van der Waals surface area (Å²) in [6, 6.07) is 0. The van der Waals surface area contributed by atoms with E-state index in [0.717, 1.165) is 25.7 Å². The molecule has 4 aliphatic carbocycles. The molecule has 2 fully saturated rings. The maximum absolute atomic E-state index is 11.8. The van der Waals surface area contributed by atoms with Crippen molar-refractivity contribution in [2.75, 3.05) is 6.61 Å². The van der Waals surface area contributed by atoms with Crippen LogP contribution >= 0.6 is 0 Å². The highest BCUT2D eigenvalue weighted by Gasteiger charge is 2.58. The van der Waals surface area contributed by atoms with E-state index in [1.807, 2.05) is 6.08 Å². The fourth-order valence-electron chi connectivity index (χ4n) is 6.80. The third-order valence-corrected chi connectivity index (χ3v) is 8.24. The van der Waals surface area contributed by atoms with Crippen LogP contribution in [0.2, 0.25) is 0 Å². The Kier molecular flexibility index (Phi) is 3.81. The van der Waals surface area contributed by atoms with Crippen LogP contribution in [0, 0.1) is 34.5 Å². The summed E-state index contributed by atoms with van der Waals surface area (Å²) in [7, 11) is 0. The number of aliphatic hydroxyl groups excluding tert-OH is 2. The first kappa shape index (κ1) is 16.5. The smallest absolute Gasteiger partial charge is 0.156 e. The highest BCUT2D eigenvalue weighted by Crippen LogP contribution is 2.65. The van der Waals surface area contributed by atoms with Gasteiger partial charge in [-0.15, -0.1) is 0 Å². The van der Waals surface area contributed by atoms with Gasteiger partial charge in [-0.2, -0.15) is 0 Å². The largest absolute Gasteiger partial charge is 0.394 e. The number of carbonyl (C=O) groups excluding carboxylic acids is 1. The van der Waals surface area contributed by atoms with E-state index in [0.29, 0.717) is 24.2 Å². The Labute approximate surface area is 144 Å². The Balaban J connectivity index is 1.68. The summed E-state index contributed by atoms with van der Waals surface area (Å²) in [5.74, 6) is 2.26. The van der Waals surface area contributed by atoms with Gasteiger partial charge in [0.25, 0.3) is 0 Å². The van der Waals surface area contributed by atoms with Gasteiger partial charge in [0.2, 0.25) is 0 Å². The zero-order chi connectivity index (χ0) is 17.1. The Bertz CT molecular complexity index is 606. The second-order valence-corrected chi connectivity index (χ2v) is 9.11. The highest BCUT2D eigenvalue weighted by atomic mass is 16.3. The SMILES string of the molecule is CC12CCC(=O)C=C1C=CC1C2CCC2(C)C(C(O)CO)CCC12. The summed E-state index contributed by atoms with van der Waals surface area (Å²) in [5, 5.41) is 19.8. The molecule has 0 amide bonds. The average Bonchev–Trinajstić information content (AvgIpc) is 2.92. The first-order valence-corrected chi connectivity index (χ1v) is 9.62. The number of aliphatic hydroxyl groups is 2. The van der Waals surface area contributed by atoms with Gasteiger partial charge in [0.15, 0.2) is 5.78 Å². The molecular weight excluding hydrogens is 300 g/mol. The van der Waals surface area contributed by atoms with E-state index in [9.17, 15) is 15.0 Å². The molecule has 2 N–H and O–H groups in total. The predicted octanol–water partition coefficient (Wildman–Crippen LogP) is 3.26. The molecule has 0 aliphatic heterocycles. The second-order valence-electron chi connectivity index (χ2n) is 9.11. The number of carbonyl (C=O) groups is 1. The van der Waals surface area contributed by atoms with E-state index in [1.165, 1.54) is 12.0 Å². The number of allylic oxidation sites excluding steroid dienone is 4. The van der Waals surface area contributed by atoms with Gasteiger partial charge in [-0.05, 0) is 78.3 Å². The van der Waals surface area contributed by atoms with Gasteiger partial charge in [0, 0.05) is 6.42 Å². The van der Waals surface area contributed by atoms with E-state index in [4.69, 9.17) is 0 Å². The molecule has 0 heterocycles. The van der Waals surface area contributed by atoms with Crippen LogP contribution in [0.15, 0.2) is 23.8 Å². The molecular formula is C21H30O3. The summed E-state index contributed by atoms with van der Waals surface area (Å²) < 4.78 is 0. The third kappa shape index (κ3) is 2.13. The fourth-order valence-corrected chi connectivity index (χ4v) is 6.80. The normalized spacial score (nSPS) is 48.3. The molecule has 0 spiro atoms. The van der Waals surface area contributed by atoms with Crippen LogP contribution in [0.3, 0.4) is 0 Å². The molecule has 7 unspecified atom stereocenters. The molecule has 4 rings (SSSR count). The predicted molar refractivity (Wildman–Crippen MR) is 93.2 cm³/mol. The Morgan fingerprint density at radius 3 is 2.75 bits per heavy atom. The van der Waals surface area contributed by atoms with Gasteiger partial charge < -0.3 is 10.2 Å². The summed E-state index contributed by atoms with van der Waals surface area (Å²) >= 11 is 0. The average molecular weight is 330 g/mol. The van der Waals surface area contributed by atoms with E-state index in [1.54, 1.807) is 0 Å². The maximum Gasteiger partial charge on any atom is 0.156 e. The summed E-state index contributed by atoms with van der Waals surface area (Å²) in [4.78, 5) is 11.8. The summed E-state index contributed by atoms with van der Waals surface area (Å²) in [6.07, 6.45) is 12.0. The molecule has 3 heteroatoms. The zero-order valence-electron chi connectivity index (χ0n) is 14.9. The summed E-state index contributed by atoms with van der Waals surface area (Å²) in [6.45, 7) is 4.59. The minimum atomic E-state index is -0.581. The summed E-state index contributed by atoms with van der Waals surface area (Å²) in [5.41, 5.74) is 1.52. The van der Waals surface area contributed by atoms with Crippen molar-refractivity contribution >= 4 is 5.78 Å². The van der Waals surface area contributed by atoms with Crippen molar-refractivity contribution in [3.05, 3.63) is 23.8 Å². The molecule has 0 aromatic rings. The van der Waals surface area contributed by atoms with Crippen molar-refractivity contribution in [1.82, 2.24) is 0 Å².